The van der Waals surface area contributed by atoms with E-state index in [1.165, 1.54) is 0 Å². The number of esters is 1. The van der Waals surface area contributed by atoms with Crippen molar-refractivity contribution < 1.29 is 19.4 Å². The summed E-state index contributed by atoms with van der Waals surface area (Å²) in [5.74, 6) is -1.89. The fraction of sp³-hybridized carbons (Fsp3) is 0.733. The fourth-order valence-electron chi connectivity index (χ4n) is 2.48. The van der Waals surface area contributed by atoms with Gasteiger partial charge < -0.3 is 9.84 Å². The molecule has 0 spiro atoms. The largest absolute Gasteiger partial charge is 0.478 e. The molecule has 0 saturated heterocycles. The quantitative estimate of drug-likeness (QED) is 0.614. The number of carbonyl (C=O) groups is 2. The zero-order valence-corrected chi connectivity index (χ0v) is 12.1. The maximum atomic E-state index is 12.1. The highest BCUT2D eigenvalue weighted by molar-refractivity contribution is 5.93. The second-order valence-corrected chi connectivity index (χ2v) is 6.30. The molecule has 1 rings (SSSR count). The lowest BCUT2D eigenvalue weighted by molar-refractivity contribution is -0.160. The van der Waals surface area contributed by atoms with Gasteiger partial charge in [0.25, 0.3) is 0 Å². The van der Waals surface area contributed by atoms with Crippen LogP contribution in [0.2, 0.25) is 0 Å². The Hall–Kier alpha value is -1.32. The predicted octanol–water partition coefficient (Wildman–Crippen LogP) is 3.17. The molecule has 0 bridgehead atoms. The van der Waals surface area contributed by atoms with Crippen molar-refractivity contribution in [1.29, 1.82) is 0 Å². The third-order valence-corrected chi connectivity index (χ3v) is 3.43. The normalized spacial score (nSPS) is 18.1. The lowest BCUT2D eigenvalue weighted by Gasteiger charge is -2.25. The van der Waals surface area contributed by atoms with Gasteiger partial charge in [-0.1, -0.05) is 32.3 Å². The minimum Gasteiger partial charge on any atom is -0.478 e. The zero-order chi connectivity index (χ0) is 14.6. The molecule has 1 aliphatic rings. The Kier molecular flexibility index (Phi) is 5.15. The maximum Gasteiger partial charge on any atom is 0.331 e. The number of hydrogen-bond acceptors (Lipinski definition) is 3. The van der Waals surface area contributed by atoms with Gasteiger partial charge in [0.2, 0.25) is 0 Å². The summed E-state index contributed by atoms with van der Waals surface area (Å²) < 4.78 is 5.32. The number of rotatable bonds is 5. The Labute approximate surface area is 114 Å². The molecular weight excluding hydrogens is 244 g/mol. The van der Waals surface area contributed by atoms with Gasteiger partial charge in [0.05, 0.1) is 5.92 Å². The van der Waals surface area contributed by atoms with Crippen LogP contribution in [0.15, 0.2) is 12.2 Å². The standard InChI is InChI=1S/C15H24O4/c1-10(13(16)17)12(9-11-7-5-6-8-11)14(18)19-15(2,3)4/h11-12H,1,5-9H2,2-4H3,(H,16,17). The summed E-state index contributed by atoms with van der Waals surface area (Å²) in [6.45, 7) is 8.88. The van der Waals surface area contributed by atoms with Gasteiger partial charge in [0, 0.05) is 5.57 Å². The van der Waals surface area contributed by atoms with Crippen molar-refractivity contribution in [3.8, 4) is 0 Å². The Bertz CT molecular complexity index is 359. The Morgan fingerprint density at radius 1 is 1.32 bits per heavy atom. The summed E-state index contributed by atoms with van der Waals surface area (Å²) in [6, 6.07) is 0. The minimum atomic E-state index is -1.12. The molecule has 0 aromatic heterocycles. The number of carboxylic acid groups (broad SMARTS) is 1. The number of carboxylic acids is 1. The van der Waals surface area contributed by atoms with Crippen LogP contribution < -0.4 is 0 Å². The lowest BCUT2D eigenvalue weighted by atomic mass is 9.88. The summed E-state index contributed by atoms with van der Waals surface area (Å²) >= 11 is 0. The molecule has 1 N–H and O–H groups in total. The highest BCUT2D eigenvalue weighted by Crippen LogP contribution is 2.33. The predicted molar refractivity (Wildman–Crippen MR) is 72.7 cm³/mol. The Morgan fingerprint density at radius 3 is 2.26 bits per heavy atom. The van der Waals surface area contributed by atoms with Crippen molar-refractivity contribution in [3.05, 3.63) is 12.2 Å². The van der Waals surface area contributed by atoms with Gasteiger partial charge in [-0.15, -0.1) is 0 Å². The minimum absolute atomic E-state index is 0.0545. The Balaban J connectivity index is 2.76. The molecular formula is C15H24O4. The van der Waals surface area contributed by atoms with Gasteiger partial charge in [-0.3, -0.25) is 4.79 Å². The summed E-state index contributed by atoms with van der Waals surface area (Å²) in [5, 5.41) is 9.07. The van der Waals surface area contributed by atoms with Gasteiger partial charge in [-0.25, -0.2) is 4.79 Å². The zero-order valence-electron chi connectivity index (χ0n) is 12.1. The molecule has 1 unspecified atom stereocenters. The van der Waals surface area contributed by atoms with E-state index >= 15 is 0 Å². The first-order valence-corrected chi connectivity index (χ1v) is 6.85. The molecule has 1 aliphatic carbocycles. The van der Waals surface area contributed by atoms with E-state index in [2.05, 4.69) is 6.58 Å². The van der Waals surface area contributed by atoms with E-state index in [0.717, 1.165) is 25.7 Å². The molecule has 108 valence electrons. The summed E-state index contributed by atoms with van der Waals surface area (Å²) in [6.07, 6.45) is 4.98. The second kappa shape index (κ2) is 6.22. The molecule has 0 radical (unpaired) electrons. The number of aliphatic carboxylic acids is 1. The van der Waals surface area contributed by atoms with Crippen molar-refractivity contribution >= 4 is 11.9 Å². The maximum absolute atomic E-state index is 12.1. The van der Waals surface area contributed by atoms with Crippen LogP contribution in [0.1, 0.15) is 52.9 Å². The van der Waals surface area contributed by atoms with Crippen molar-refractivity contribution in [2.24, 2.45) is 11.8 Å². The molecule has 4 heteroatoms. The summed E-state index contributed by atoms with van der Waals surface area (Å²) in [7, 11) is 0. The van der Waals surface area contributed by atoms with Crippen molar-refractivity contribution in [1.82, 2.24) is 0 Å². The first-order chi connectivity index (χ1) is 8.70. The van der Waals surface area contributed by atoms with Crippen LogP contribution in [0.4, 0.5) is 0 Å². The molecule has 19 heavy (non-hydrogen) atoms. The van der Waals surface area contributed by atoms with E-state index in [9.17, 15) is 9.59 Å². The summed E-state index contributed by atoms with van der Waals surface area (Å²) in [5.41, 5.74) is -0.662. The SMILES string of the molecule is C=C(C(=O)O)C(CC1CCCC1)C(=O)OC(C)(C)C. The van der Waals surface area contributed by atoms with Crippen molar-refractivity contribution in [3.63, 3.8) is 0 Å². The third kappa shape index (κ3) is 5.05. The Morgan fingerprint density at radius 2 is 1.84 bits per heavy atom. The molecule has 0 aliphatic heterocycles. The highest BCUT2D eigenvalue weighted by atomic mass is 16.6. The van der Waals surface area contributed by atoms with E-state index in [4.69, 9.17) is 9.84 Å². The van der Waals surface area contributed by atoms with Crippen LogP contribution >= 0.6 is 0 Å². The topological polar surface area (TPSA) is 63.6 Å². The van der Waals surface area contributed by atoms with Crippen LogP contribution in [0.5, 0.6) is 0 Å². The smallest absolute Gasteiger partial charge is 0.331 e. The van der Waals surface area contributed by atoms with Crippen LogP contribution in [-0.2, 0) is 14.3 Å². The fourth-order valence-corrected chi connectivity index (χ4v) is 2.48. The lowest BCUT2D eigenvalue weighted by Crippen LogP contribution is -2.32. The highest BCUT2D eigenvalue weighted by Gasteiger charge is 2.33. The average Bonchev–Trinajstić information content (AvgIpc) is 2.74. The number of carbonyl (C=O) groups excluding carboxylic acids is 1. The molecule has 0 aromatic carbocycles. The van der Waals surface area contributed by atoms with E-state index in [-0.39, 0.29) is 5.57 Å². The van der Waals surface area contributed by atoms with Crippen molar-refractivity contribution in [2.75, 3.05) is 0 Å². The van der Waals surface area contributed by atoms with Crippen LogP contribution in [-0.4, -0.2) is 22.6 Å². The van der Waals surface area contributed by atoms with E-state index in [1.54, 1.807) is 20.8 Å². The molecule has 1 saturated carbocycles. The molecule has 0 aromatic rings. The number of ether oxygens (including phenoxy) is 1. The van der Waals surface area contributed by atoms with Gasteiger partial charge in [0.15, 0.2) is 0 Å². The average molecular weight is 268 g/mol. The first kappa shape index (κ1) is 15.7. The van der Waals surface area contributed by atoms with Gasteiger partial charge in [-0.05, 0) is 33.1 Å². The molecule has 4 nitrogen and oxygen atoms in total. The van der Waals surface area contributed by atoms with Gasteiger partial charge >= 0.3 is 11.9 Å². The second-order valence-electron chi connectivity index (χ2n) is 6.30. The third-order valence-electron chi connectivity index (χ3n) is 3.43. The number of hydrogen-bond donors (Lipinski definition) is 1. The van der Waals surface area contributed by atoms with E-state index in [0.29, 0.717) is 12.3 Å². The van der Waals surface area contributed by atoms with Crippen LogP contribution in [0, 0.1) is 11.8 Å². The summed E-state index contributed by atoms with van der Waals surface area (Å²) in [4.78, 5) is 23.2. The molecule has 1 fully saturated rings. The molecule has 1 atom stereocenters. The van der Waals surface area contributed by atoms with E-state index < -0.39 is 23.5 Å². The van der Waals surface area contributed by atoms with E-state index in [1.807, 2.05) is 0 Å². The van der Waals surface area contributed by atoms with Gasteiger partial charge in [-0.2, -0.15) is 0 Å². The van der Waals surface area contributed by atoms with Crippen LogP contribution in [0.25, 0.3) is 0 Å². The molecule has 0 amide bonds. The molecule has 0 heterocycles. The monoisotopic (exact) mass is 268 g/mol. The van der Waals surface area contributed by atoms with Gasteiger partial charge in [0.1, 0.15) is 5.60 Å². The van der Waals surface area contributed by atoms with Crippen LogP contribution in [0.3, 0.4) is 0 Å². The first-order valence-electron chi connectivity index (χ1n) is 6.85. The van der Waals surface area contributed by atoms with Crippen molar-refractivity contribution in [2.45, 2.75) is 58.5 Å².